The molecule has 0 aromatic heterocycles. The van der Waals surface area contributed by atoms with Gasteiger partial charge in [-0.3, -0.25) is 4.90 Å². The van der Waals surface area contributed by atoms with Crippen molar-refractivity contribution in [3.8, 4) is 0 Å². The van der Waals surface area contributed by atoms with Crippen LogP contribution in [0, 0.1) is 0 Å². The molecule has 18 heavy (non-hydrogen) atoms. The lowest BCUT2D eigenvalue weighted by molar-refractivity contribution is -0.00930. The van der Waals surface area contributed by atoms with Gasteiger partial charge in [-0.1, -0.05) is 20.8 Å². The van der Waals surface area contributed by atoms with Gasteiger partial charge in [-0.05, 0) is 39.8 Å². The second-order valence-electron chi connectivity index (χ2n) is 5.22. The summed E-state index contributed by atoms with van der Waals surface area (Å²) in [6, 6.07) is 0. The summed E-state index contributed by atoms with van der Waals surface area (Å²) >= 11 is 0. The van der Waals surface area contributed by atoms with Gasteiger partial charge in [-0.15, -0.1) is 0 Å². The average molecular weight is 279 g/mol. The molecule has 0 heterocycles. The zero-order valence-corrected chi connectivity index (χ0v) is 13.3. The Kier molecular flexibility index (Phi) is 7.40. The summed E-state index contributed by atoms with van der Waals surface area (Å²) in [5.74, 6) is 0.359. The summed E-state index contributed by atoms with van der Waals surface area (Å²) < 4.78 is 22.8. The first-order valence-corrected chi connectivity index (χ1v) is 8.66. The molecule has 0 bridgehead atoms. The first-order valence-electron chi connectivity index (χ1n) is 6.84. The molecule has 1 unspecified atom stereocenters. The van der Waals surface area contributed by atoms with Gasteiger partial charge >= 0.3 is 0 Å². The summed E-state index contributed by atoms with van der Waals surface area (Å²) in [6.45, 7) is 11.6. The largest absolute Gasteiger partial charge is 0.391 e. The van der Waals surface area contributed by atoms with Crippen molar-refractivity contribution in [1.29, 1.82) is 0 Å². The van der Waals surface area contributed by atoms with E-state index in [1.807, 2.05) is 13.8 Å². The van der Waals surface area contributed by atoms with Gasteiger partial charge in [0.25, 0.3) is 0 Å². The zero-order valence-electron chi connectivity index (χ0n) is 12.4. The lowest BCUT2D eigenvalue weighted by Crippen LogP contribution is -2.52. The van der Waals surface area contributed by atoms with E-state index in [9.17, 15) is 13.5 Å². The normalized spacial score (nSPS) is 15.1. The van der Waals surface area contributed by atoms with Crippen molar-refractivity contribution in [2.24, 2.45) is 0 Å². The van der Waals surface area contributed by atoms with Crippen LogP contribution in [0.4, 0.5) is 0 Å². The monoisotopic (exact) mass is 279 g/mol. The SMILES string of the molecule is CCN(CC)C(C)(C)C(O)CCCS(=O)(=O)CC. The van der Waals surface area contributed by atoms with E-state index in [2.05, 4.69) is 18.7 Å². The third-order valence-corrected chi connectivity index (χ3v) is 5.56. The lowest BCUT2D eigenvalue weighted by Gasteiger charge is -2.41. The number of sulfone groups is 1. The minimum Gasteiger partial charge on any atom is -0.391 e. The van der Waals surface area contributed by atoms with E-state index in [0.29, 0.717) is 12.8 Å². The maximum Gasteiger partial charge on any atom is 0.150 e. The van der Waals surface area contributed by atoms with Gasteiger partial charge in [0.1, 0.15) is 9.84 Å². The first kappa shape index (κ1) is 17.9. The van der Waals surface area contributed by atoms with Gasteiger partial charge in [-0.2, -0.15) is 0 Å². The molecule has 1 atom stereocenters. The van der Waals surface area contributed by atoms with Crippen LogP contribution in [0.15, 0.2) is 0 Å². The van der Waals surface area contributed by atoms with Crippen LogP contribution in [-0.2, 0) is 9.84 Å². The minimum atomic E-state index is -2.92. The second-order valence-corrected chi connectivity index (χ2v) is 7.69. The van der Waals surface area contributed by atoms with E-state index < -0.39 is 15.9 Å². The number of hydrogen-bond acceptors (Lipinski definition) is 4. The topological polar surface area (TPSA) is 57.6 Å². The third kappa shape index (κ3) is 5.24. The maximum atomic E-state index is 11.4. The van der Waals surface area contributed by atoms with Crippen LogP contribution >= 0.6 is 0 Å². The fourth-order valence-corrected chi connectivity index (χ4v) is 3.14. The van der Waals surface area contributed by atoms with Crippen LogP contribution < -0.4 is 0 Å². The quantitative estimate of drug-likeness (QED) is 0.698. The maximum absolute atomic E-state index is 11.4. The van der Waals surface area contributed by atoms with Crippen molar-refractivity contribution in [2.45, 2.75) is 59.1 Å². The zero-order chi connectivity index (χ0) is 14.4. The summed E-state index contributed by atoms with van der Waals surface area (Å²) in [4.78, 5) is 2.20. The molecule has 1 N–H and O–H groups in total. The van der Waals surface area contributed by atoms with Gasteiger partial charge in [0.2, 0.25) is 0 Å². The molecular formula is C13H29NO3S. The predicted molar refractivity (Wildman–Crippen MR) is 76.6 cm³/mol. The van der Waals surface area contributed by atoms with Crippen molar-refractivity contribution < 1.29 is 13.5 Å². The van der Waals surface area contributed by atoms with Crippen LogP contribution in [0.2, 0.25) is 0 Å². The molecule has 0 aromatic rings. The Morgan fingerprint density at radius 1 is 1.17 bits per heavy atom. The van der Waals surface area contributed by atoms with Crippen molar-refractivity contribution in [2.75, 3.05) is 24.6 Å². The Labute approximate surface area is 112 Å². The molecule has 0 aliphatic carbocycles. The fourth-order valence-electron chi connectivity index (χ4n) is 2.24. The van der Waals surface area contributed by atoms with E-state index >= 15 is 0 Å². The van der Waals surface area contributed by atoms with Crippen molar-refractivity contribution in [3.63, 3.8) is 0 Å². The molecule has 0 saturated carbocycles. The fraction of sp³-hybridized carbons (Fsp3) is 1.00. The Morgan fingerprint density at radius 2 is 1.67 bits per heavy atom. The van der Waals surface area contributed by atoms with Crippen LogP contribution in [0.5, 0.6) is 0 Å². The molecule has 0 aromatic carbocycles. The summed E-state index contributed by atoms with van der Waals surface area (Å²) in [6.07, 6.45) is 0.564. The molecule has 110 valence electrons. The summed E-state index contributed by atoms with van der Waals surface area (Å²) in [5.41, 5.74) is -0.306. The van der Waals surface area contributed by atoms with Crippen molar-refractivity contribution in [3.05, 3.63) is 0 Å². The van der Waals surface area contributed by atoms with E-state index in [1.165, 1.54) is 0 Å². The molecule has 0 rings (SSSR count). The molecule has 0 amide bonds. The molecule has 0 aliphatic heterocycles. The highest BCUT2D eigenvalue weighted by Gasteiger charge is 2.32. The van der Waals surface area contributed by atoms with Crippen LogP contribution in [0.1, 0.15) is 47.5 Å². The second kappa shape index (κ2) is 7.46. The molecule has 0 saturated heterocycles. The number of rotatable bonds is 9. The molecular weight excluding hydrogens is 250 g/mol. The number of likely N-dealkylation sites (N-methyl/N-ethyl adjacent to an activating group) is 1. The summed E-state index contributed by atoms with van der Waals surface area (Å²) in [5, 5.41) is 10.2. The van der Waals surface area contributed by atoms with E-state index in [0.717, 1.165) is 13.1 Å². The Bertz CT molecular complexity index is 321. The van der Waals surface area contributed by atoms with Gasteiger partial charge < -0.3 is 5.11 Å². The average Bonchev–Trinajstić information content (AvgIpc) is 2.29. The molecule has 0 aliphatic rings. The Hall–Kier alpha value is -0.130. The molecule has 0 radical (unpaired) electrons. The highest BCUT2D eigenvalue weighted by Crippen LogP contribution is 2.22. The van der Waals surface area contributed by atoms with Crippen LogP contribution in [0.25, 0.3) is 0 Å². The minimum absolute atomic E-state index is 0.175. The van der Waals surface area contributed by atoms with Gasteiger partial charge in [0.15, 0.2) is 0 Å². The van der Waals surface area contributed by atoms with E-state index in [4.69, 9.17) is 0 Å². The highest BCUT2D eigenvalue weighted by molar-refractivity contribution is 7.91. The van der Waals surface area contributed by atoms with Crippen molar-refractivity contribution in [1.82, 2.24) is 4.90 Å². The smallest absolute Gasteiger partial charge is 0.150 e. The standard InChI is InChI=1S/C13H29NO3S/c1-6-14(7-2)13(4,5)12(15)10-9-11-18(16,17)8-3/h12,15H,6-11H2,1-5H3. The third-order valence-electron chi connectivity index (χ3n) is 3.77. The predicted octanol–water partition coefficient (Wildman–Crippen LogP) is 1.68. The Balaban J connectivity index is 4.36. The number of nitrogens with zero attached hydrogens (tertiary/aromatic N) is 1. The van der Waals surface area contributed by atoms with Crippen LogP contribution in [0.3, 0.4) is 0 Å². The molecule has 4 nitrogen and oxygen atoms in total. The van der Waals surface area contributed by atoms with Crippen LogP contribution in [-0.4, -0.2) is 54.7 Å². The molecule has 5 heteroatoms. The lowest BCUT2D eigenvalue weighted by atomic mass is 9.91. The van der Waals surface area contributed by atoms with Crippen molar-refractivity contribution >= 4 is 9.84 Å². The van der Waals surface area contributed by atoms with E-state index in [-0.39, 0.29) is 17.0 Å². The number of aliphatic hydroxyl groups is 1. The van der Waals surface area contributed by atoms with Gasteiger partial charge in [0, 0.05) is 11.3 Å². The number of aliphatic hydroxyl groups excluding tert-OH is 1. The molecule has 0 fully saturated rings. The van der Waals surface area contributed by atoms with Gasteiger partial charge in [-0.25, -0.2) is 8.42 Å². The van der Waals surface area contributed by atoms with E-state index in [1.54, 1.807) is 6.92 Å². The molecule has 0 spiro atoms. The van der Waals surface area contributed by atoms with Gasteiger partial charge in [0.05, 0.1) is 11.9 Å². The summed E-state index contributed by atoms with van der Waals surface area (Å²) in [7, 11) is -2.92. The highest BCUT2D eigenvalue weighted by atomic mass is 32.2. The first-order chi connectivity index (χ1) is 8.21. The Morgan fingerprint density at radius 3 is 2.06 bits per heavy atom. The number of hydrogen-bond donors (Lipinski definition) is 1.